The summed E-state index contributed by atoms with van der Waals surface area (Å²) in [5.74, 6) is -1.80. The number of nitrogens with one attached hydrogen (secondary N) is 1. The average Bonchev–Trinajstić information content (AvgIpc) is 2.83. The number of aryl methyl sites for hydroxylation is 1. The second kappa shape index (κ2) is 11.4. The number of nitrogens with zero attached hydrogens (tertiary/aromatic N) is 3. The first-order chi connectivity index (χ1) is 16.7. The lowest BCUT2D eigenvalue weighted by molar-refractivity contribution is -0.118. The van der Waals surface area contributed by atoms with Gasteiger partial charge in [0, 0.05) is 30.9 Å². The first-order valence-corrected chi connectivity index (χ1v) is 11.0. The SMILES string of the molecule is CC(=O)CN(Cc1cncnc1C(=O)NCc1ccc(F)c(C)c1)[C@@H](C)c1ccc(C(=O)O)cc1. The zero-order valence-electron chi connectivity index (χ0n) is 19.8. The monoisotopic (exact) mass is 478 g/mol. The van der Waals surface area contributed by atoms with Crippen LogP contribution in [0.4, 0.5) is 4.39 Å². The summed E-state index contributed by atoms with van der Waals surface area (Å²) >= 11 is 0. The molecule has 1 aromatic heterocycles. The van der Waals surface area contributed by atoms with Crippen LogP contribution in [-0.2, 0) is 17.9 Å². The molecule has 0 unspecified atom stereocenters. The van der Waals surface area contributed by atoms with Gasteiger partial charge in [0.2, 0.25) is 0 Å². The predicted octanol–water partition coefficient (Wildman–Crippen LogP) is 3.70. The maximum Gasteiger partial charge on any atom is 0.335 e. The van der Waals surface area contributed by atoms with Gasteiger partial charge in [-0.2, -0.15) is 0 Å². The van der Waals surface area contributed by atoms with Crippen molar-refractivity contribution in [1.29, 1.82) is 0 Å². The van der Waals surface area contributed by atoms with Crippen LogP contribution in [0, 0.1) is 12.7 Å². The molecule has 0 bridgehead atoms. The van der Waals surface area contributed by atoms with Crippen LogP contribution in [0.15, 0.2) is 55.0 Å². The van der Waals surface area contributed by atoms with Crippen LogP contribution >= 0.6 is 0 Å². The smallest absolute Gasteiger partial charge is 0.335 e. The van der Waals surface area contributed by atoms with Crippen LogP contribution in [0.5, 0.6) is 0 Å². The highest BCUT2D eigenvalue weighted by Crippen LogP contribution is 2.23. The van der Waals surface area contributed by atoms with Gasteiger partial charge in [0.25, 0.3) is 5.91 Å². The molecular weight excluding hydrogens is 451 g/mol. The van der Waals surface area contributed by atoms with Gasteiger partial charge in [-0.25, -0.2) is 19.2 Å². The highest BCUT2D eigenvalue weighted by Gasteiger charge is 2.22. The molecule has 0 fully saturated rings. The maximum absolute atomic E-state index is 13.5. The first kappa shape index (κ1) is 25.6. The molecule has 35 heavy (non-hydrogen) atoms. The number of amides is 1. The van der Waals surface area contributed by atoms with Crippen LogP contribution in [0.3, 0.4) is 0 Å². The number of aromatic nitrogens is 2. The third-order valence-electron chi connectivity index (χ3n) is 5.67. The van der Waals surface area contributed by atoms with Gasteiger partial charge in [0.15, 0.2) is 0 Å². The quantitative estimate of drug-likeness (QED) is 0.457. The molecule has 0 spiro atoms. The average molecular weight is 479 g/mol. The molecule has 182 valence electrons. The Morgan fingerprint density at radius 3 is 2.49 bits per heavy atom. The van der Waals surface area contributed by atoms with Crippen molar-refractivity contribution in [3.63, 3.8) is 0 Å². The number of carboxylic acids is 1. The van der Waals surface area contributed by atoms with E-state index in [0.29, 0.717) is 11.1 Å². The second-order valence-corrected chi connectivity index (χ2v) is 8.37. The number of halogens is 1. The molecule has 0 aliphatic carbocycles. The van der Waals surface area contributed by atoms with E-state index in [9.17, 15) is 18.8 Å². The van der Waals surface area contributed by atoms with Crippen molar-refractivity contribution in [1.82, 2.24) is 20.2 Å². The highest BCUT2D eigenvalue weighted by molar-refractivity contribution is 5.93. The number of hydrogen-bond acceptors (Lipinski definition) is 6. The van der Waals surface area contributed by atoms with Gasteiger partial charge >= 0.3 is 5.97 Å². The van der Waals surface area contributed by atoms with Crippen LogP contribution in [-0.4, -0.2) is 44.2 Å². The number of aromatic carboxylic acids is 1. The molecule has 0 radical (unpaired) electrons. The molecule has 0 aliphatic heterocycles. The second-order valence-electron chi connectivity index (χ2n) is 8.37. The summed E-state index contributed by atoms with van der Waals surface area (Å²) < 4.78 is 13.5. The van der Waals surface area contributed by atoms with E-state index in [1.807, 2.05) is 11.8 Å². The Kier molecular flexibility index (Phi) is 8.38. The molecule has 3 rings (SSSR count). The van der Waals surface area contributed by atoms with Gasteiger partial charge in [-0.1, -0.05) is 24.3 Å². The van der Waals surface area contributed by atoms with Crippen molar-refractivity contribution in [3.05, 3.63) is 94.3 Å². The number of ketones is 1. The Morgan fingerprint density at radius 1 is 1.14 bits per heavy atom. The summed E-state index contributed by atoms with van der Waals surface area (Å²) in [5.41, 5.74) is 2.96. The maximum atomic E-state index is 13.5. The molecule has 1 atom stereocenters. The van der Waals surface area contributed by atoms with Gasteiger partial charge < -0.3 is 10.4 Å². The molecule has 0 saturated heterocycles. The molecule has 8 nitrogen and oxygen atoms in total. The fraction of sp³-hybridized carbons (Fsp3) is 0.269. The van der Waals surface area contributed by atoms with Gasteiger partial charge in [-0.3, -0.25) is 14.5 Å². The zero-order chi connectivity index (χ0) is 25.5. The first-order valence-electron chi connectivity index (χ1n) is 11.0. The molecule has 1 amide bonds. The van der Waals surface area contributed by atoms with E-state index in [1.165, 1.54) is 37.6 Å². The van der Waals surface area contributed by atoms with Crippen molar-refractivity contribution in [2.45, 2.75) is 39.9 Å². The lowest BCUT2D eigenvalue weighted by atomic mass is 10.0. The Labute approximate surface area is 202 Å². The van der Waals surface area contributed by atoms with Crippen molar-refractivity contribution in [2.24, 2.45) is 0 Å². The zero-order valence-corrected chi connectivity index (χ0v) is 19.8. The fourth-order valence-electron chi connectivity index (χ4n) is 3.71. The van der Waals surface area contributed by atoms with E-state index < -0.39 is 11.9 Å². The van der Waals surface area contributed by atoms with Crippen LogP contribution in [0.1, 0.15) is 63.0 Å². The number of carboxylic acid groups (broad SMARTS) is 1. The van der Waals surface area contributed by atoms with E-state index in [2.05, 4.69) is 15.3 Å². The number of carbonyl (C=O) groups excluding carboxylic acids is 2. The largest absolute Gasteiger partial charge is 0.478 e. The number of hydrogen-bond donors (Lipinski definition) is 2. The van der Waals surface area contributed by atoms with Gasteiger partial charge in [-0.05, 0) is 55.7 Å². The van der Waals surface area contributed by atoms with Crippen molar-refractivity contribution >= 4 is 17.7 Å². The Hall–Kier alpha value is -3.98. The summed E-state index contributed by atoms with van der Waals surface area (Å²) in [6.45, 7) is 5.58. The van der Waals surface area contributed by atoms with E-state index in [-0.39, 0.29) is 48.5 Å². The third kappa shape index (κ3) is 6.77. The Morgan fingerprint density at radius 2 is 1.86 bits per heavy atom. The van der Waals surface area contributed by atoms with Gasteiger partial charge in [0.05, 0.1) is 12.1 Å². The summed E-state index contributed by atoms with van der Waals surface area (Å²) in [6.07, 6.45) is 2.82. The molecule has 9 heteroatoms. The van der Waals surface area contributed by atoms with Crippen molar-refractivity contribution in [2.75, 3.05) is 6.54 Å². The summed E-state index contributed by atoms with van der Waals surface area (Å²) in [5, 5.41) is 11.9. The molecular formula is C26H27FN4O4. The normalized spacial score (nSPS) is 11.8. The molecule has 2 aromatic carbocycles. The van der Waals surface area contributed by atoms with Gasteiger partial charge in [-0.15, -0.1) is 0 Å². The molecule has 2 N–H and O–H groups in total. The topological polar surface area (TPSA) is 112 Å². The van der Waals surface area contributed by atoms with Crippen LogP contribution < -0.4 is 5.32 Å². The third-order valence-corrected chi connectivity index (χ3v) is 5.67. The molecule has 0 saturated carbocycles. The Balaban J connectivity index is 1.79. The molecule has 0 aliphatic rings. The molecule has 1 heterocycles. The predicted molar refractivity (Wildman–Crippen MR) is 127 cm³/mol. The highest BCUT2D eigenvalue weighted by atomic mass is 19.1. The standard InChI is InChI=1S/C26H27FN4O4/c1-16-10-19(4-9-23(16)27)11-29-25(33)24-22(12-28-15-30-24)14-31(13-17(2)32)18(3)20-5-7-21(8-6-20)26(34)35/h4-10,12,15,18H,11,13-14H2,1-3H3,(H,29,33)(H,34,35)/t18-/m0/s1. The van der Waals surface area contributed by atoms with E-state index in [0.717, 1.165) is 11.1 Å². The number of Topliss-reactive ketones (excluding diaryl/α,β-unsaturated/α-hetero) is 1. The van der Waals surface area contributed by atoms with E-state index in [1.54, 1.807) is 31.2 Å². The van der Waals surface area contributed by atoms with Crippen LogP contribution in [0.2, 0.25) is 0 Å². The minimum Gasteiger partial charge on any atom is -0.478 e. The summed E-state index contributed by atoms with van der Waals surface area (Å²) in [4.78, 5) is 46.2. The van der Waals surface area contributed by atoms with E-state index in [4.69, 9.17) is 5.11 Å². The van der Waals surface area contributed by atoms with Gasteiger partial charge in [0.1, 0.15) is 23.6 Å². The minimum absolute atomic E-state index is 0.0615. The van der Waals surface area contributed by atoms with Crippen molar-refractivity contribution in [3.8, 4) is 0 Å². The summed E-state index contributed by atoms with van der Waals surface area (Å²) in [6, 6.07) is 10.8. The summed E-state index contributed by atoms with van der Waals surface area (Å²) in [7, 11) is 0. The molecule has 3 aromatic rings. The van der Waals surface area contributed by atoms with Crippen LogP contribution in [0.25, 0.3) is 0 Å². The minimum atomic E-state index is -1.02. The lowest BCUT2D eigenvalue weighted by Crippen LogP contribution is -2.33. The Bertz CT molecular complexity index is 1230. The number of carbonyl (C=O) groups is 3. The van der Waals surface area contributed by atoms with E-state index >= 15 is 0 Å². The number of rotatable bonds is 10. The lowest BCUT2D eigenvalue weighted by Gasteiger charge is -2.29. The fourth-order valence-corrected chi connectivity index (χ4v) is 3.71. The number of benzene rings is 2. The van der Waals surface area contributed by atoms with Crippen molar-refractivity contribution < 1.29 is 23.9 Å².